The molecule has 0 atom stereocenters. The van der Waals surface area contributed by atoms with E-state index in [0.29, 0.717) is 23.1 Å². The Morgan fingerprint density at radius 3 is 2.39 bits per heavy atom. The monoisotopic (exact) mass is 313 g/mol. The first-order valence-electron chi connectivity index (χ1n) is 7.19. The third kappa shape index (κ3) is 2.85. The highest BCUT2D eigenvalue weighted by Crippen LogP contribution is 2.22. The Labute approximate surface area is 132 Å². The maximum absolute atomic E-state index is 12.1. The van der Waals surface area contributed by atoms with Gasteiger partial charge in [0, 0.05) is 19.8 Å². The summed E-state index contributed by atoms with van der Waals surface area (Å²) in [5, 5.41) is 3.89. The highest BCUT2D eigenvalue weighted by Gasteiger charge is 2.34. The van der Waals surface area contributed by atoms with E-state index in [1.807, 2.05) is 0 Å². The van der Waals surface area contributed by atoms with Gasteiger partial charge in [-0.25, -0.2) is 4.79 Å². The van der Waals surface area contributed by atoms with Gasteiger partial charge in [-0.05, 0) is 18.6 Å². The SMILES string of the molecule is Cn1cc(C(=O)OCCCN2C(=O)c3ccccc3C2=O)cn1. The summed E-state index contributed by atoms with van der Waals surface area (Å²) in [7, 11) is 1.71. The smallest absolute Gasteiger partial charge is 0.341 e. The maximum Gasteiger partial charge on any atom is 0.341 e. The Hall–Kier alpha value is -2.96. The average Bonchev–Trinajstić information content (AvgIpc) is 3.09. The van der Waals surface area contributed by atoms with Crippen LogP contribution >= 0.6 is 0 Å². The Morgan fingerprint density at radius 2 is 1.83 bits per heavy atom. The van der Waals surface area contributed by atoms with Crippen LogP contribution < -0.4 is 0 Å². The standard InChI is InChI=1S/C16H15N3O4/c1-18-10-11(9-17-18)16(22)23-8-4-7-19-14(20)12-5-2-3-6-13(12)15(19)21/h2-3,5-6,9-10H,4,7-8H2,1H3. The number of nitrogens with zero attached hydrogens (tertiary/aromatic N) is 3. The number of amides is 2. The number of aromatic nitrogens is 2. The van der Waals surface area contributed by atoms with E-state index in [4.69, 9.17) is 4.74 Å². The zero-order valence-electron chi connectivity index (χ0n) is 12.6. The molecule has 0 unspecified atom stereocenters. The lowest BCUT2D eigenvalue weighted by Gasteiger charge is -2.13. The van der Waals surface area contributed by atoms with Gasteiger partial charge in [0.1, 0.15) is 0 Å². The van der Waals surface area contributed by atoms with Crippen molar-refractivity contribution in [1.29, 1.82) is 0 Å². The molecule has 1 aliphatic heterocycles. The number of carbonyl (C=O) groups excluding carboxylic acids is 3. The van der Waals surface area contributed by atoms with Crippen molar-refractivity contribution < 1.29 is 19.1 Å². The number of carbonyl (C=O) groups is 3. The minimum absolute atomic E-state index is 0.126. The van der Waals surface area contributed by atoms with Gasteiger partial charge in [-0.1, -0.05) is 12.1 Å². The average molecular weight is 313 g/mol. The van der Waals surface area contributed by atoms with Crippen LogP contribution in [0, 0.1) is 0 Å². The quantitative estimate of drug-likeness (QED) is 0.471. The molecule has 23 heavy (non-hydrogen) atoms. The molecule has 1 aromatic carbocycles. The van der Waals surface area contributed by atoms with E-state index in [1.165, 1.54) is 15.8 Å². The van der Waals surface area contributed by atoms with Crippen molar-refractivity contribution in [2.45, 2.75) is 6.42 Å². The molecular formula is C16H15N3O4. The van der Waals surface area contributed by atoms with Crippen LogP contribution in [0.5, 0.6) is 0 Å². The zero-order valence-corrected chi connectivity index (χ0v) is 12.6. The number of aryl methyl sites for hydroxylation is 1. The van der Waals surface area contributed by atoms with Gasteiger partial charge < -0.3 is 4.74 Å². The first kappa shape index (κ1) is 15.0. The lowest BCUT2D eigenvalue weighted by molar-refractivity contribution is 0.0482. The van der Waals surface area contributed by atoms with Gasteiger partial charge in [0.15, 0.2) is 0 Å². The van der Waals surface area contributed by atoms with E-state index in [1.54, 1.807) is 37.5 Å². The van der Waals surface area contributed by atoms with Crippen LogP contribution in [-0.4, -0.2) is 45.6 Å². The molecule has 0 spiro atoms. The van der Waals surface area contributed by atoms with Crippen molar-refractivity contribution in [3.63, 3.8) is 0 Å². The Balaban J connectivity index is 1.51. The van der Waals surface area contributed by atoms with Crippen LogP contribution in [0.2, 0.25) is 0 Å². The van der Waals surface area contributed by atoms with Gasteiger partial charge in [-0.15, -0.1) is 0 Å². The molecule has 2 amide bonds. The fourth-order valence-corrected chi connectivity index (χ4v) is 2.44. The predicted molar refractivity (Wildman–Crippen MR) is 79.9 cm³/mol. The number of fused-ring (bicyclic) bond motifs is 1. The zero-order chi connectivity index (χ0) is 16.4. The molecule has 118 valence electrons. The van der Waals surface area contributed by atoms with Crippen molar-refractivity contribution in [2.24, 2.45) is 7.05 Å². The van der Waals surface area contributed by atoms with E-state index in [-0.39, 0.29) is 25.0 Å². The number of hydrogen-bond donors (Lipinski definition) is 0. The molecule has 0 aliphatic carbocycles. The molecule has 0 fully saturated rings. The van der Waals surface area contributed by atoms with Gasteiger partial charge in [0.2, 0.25) is 0 Å². The molecule has 2 aromatic rings. The van der Waals surface area contributed by atoms with E-state index < -0.39 is 5.97 Å². The Bertz CT molecular complexity index is 746. The van der Waals surface area contributed by atoms with Crippen molar-refractivity contribution in [1.82, 2.24) is 14.7 Å². The number of rotatable bonds is 5. The fourth-order valence-electron chi connectivity index (χ4n) is 2.44. The summed E-state index contributed by atoms with van der Waals surface area (Å²) < 4.78 is 6.62. The molecule has 0 saturated heterocycles. The molecule has 2 heterocycles. The van der Waals surface area contributed by atoms with Crippen molar-refractivity contribution in [3.8, 4) is 0 Å². The largest absolute Gasteiger partial charge is 0.462 e. The normalized spacial score (nSPS) is 13.3. The van der Waals surface area contributed by atoms with Crippen molar-refractivity contribution >= 4 is 17.8 Å². The van der Waals surface area contributed by atoms with Gasteiger partial charge in [0.05, 0.1) is 29.5 Å². The van der Waals surface area contributed by atoms with Crippen molar-refractivity contribution in [3.05, 3.63) is 53.3 Å². The van der Waals surface area contributed by atoms with Crippen LogP contribution in [0.15, 0.2) is 36.7 Å². The fraction of sp³-hybridized carbons (Fsp3) is 0.250. The maximum atomic E-state index is 12.1. The molecule has 1 aliphatic rings. The molecule has 0 N–H and O–H groups in total. The first-order chi connectivity index (χ1) is 11.1. The highest BCUT2D eigenvalue weighted by atomic mass is 16.5. The lowest BCUT2D eigenvalue weighted by Crippen LogP contribution is -2.31. The number of ether oxygens (including phenoxy) is 1. The van der Waals surface area contributed by atoms with Crippen LogP contribution in [0.25, 0.3) is 0 Å². The minimum atomic E-state index is -0.472. The van der Waals surface area contributed by atoms with Crippen LogP contribution in [0.1, 0.15) is 37.5 Å². The number of esters is 1. The second-order valence-electron chi connectivity index (χ2n) is 5.20. The molecule has 7 heteroatoms. The number of hydrogen-bond acceptors (Lipinski definition) is 5. The second kappa shape index (κ2) is 6.04. The molecular weight excluding hydrogens is 298 g/mol. The Morgan fingerprint density at radius 1 is 1.17 bits per heavy atom. The summed E-state index contributed by atoms with van der Waals surface area (Å²) in [6.07, 6.45) is 3.37. The number of imide groups is 1. The molecule has 7 nitrogen and oxygen atoms in total. The summed E-state index contributed by atoms with van der Waals surface area (Å²) in [4.78, 5) is 37.2. The third-order valence-corrected chi connectivity index (χ3v) is 3.58. The summed E-state index contributed by atoms with van der Waals surface area (Å²) in [5.74, 6) is -1.08. The van der Waals surface area contributed by atoms with Crippen molar-refractivity contribution in [2.75, 3.05) is 13.2 Å². The third-order valence-electron chi connectivity index (χ3n) is 3.58. The van der Waals surface area contributed by atoms with Gasteiger partial charge in [0.25, 0.3) is 11.8 Å². The lowest BCUT2D eigenvalue weighted by atomic mass is 10.1. The first-order valence-corrected chi connectivity index (χ1v) is 7.19. The highest BCUT2D eigenvalue weighted by molar-refractivity contribution is 6.21. The summed E-state index contributed by atoms with van der Waals surface area (Å²) in [5.41, 5.74) is 1.21. The molecule has 0 saturated carbocycles. The Kier molecular flexibility index (Phi) is 3.92. The van der Waals surface area contributed by atoms with E-state index in [2.05, 4.69) is 5.10 Å². The van der Waals surface area contributed by atoms with Crippen LogP contribution in [0.4, 0.5) is 0 Å². The van der Waals surface area contributed by atoms with E-state index in [0.717, 1.165) is 0 Å². The molecule has 3 rings (SSSR count). The second-order valence-corrected chi connectivity index (χ2v) is 5.20. The summed E-state index contributed by atoms with van der Waals surface area (Å²) in [6.45, 7) is 0.341. The minimum Gasteiger partial charge on any atom is -0.462 e. The summed E-state index contributed by atoms with van der Waals surface area (Å²) >= 11 is 0. The molecule has 0 bridgehead atoms. The summed E-state index contributed by atoms with van der Waals surface area (Å²) in [6, 6.07) is 6.72. The van der Waals surface area contributed by atoms with Gasteiger partial charge >= 0.3 is 5.97 Å². The molecule has 1 aromatic heterocycles. The van der Waals surface area contributed by atoms with Gasteiger partial charge in [-0.2, -0.15) is 5.10 Å². The topological polar surface area (TPSA) is 81.5 Å². The molecule has 0 radical (unpaired) electrons. The van der Waals surface area contributed by atoms with E-state index in [9.17, 15) is 14.4 Å². The van der Waals surface area contributed by atoms with Crippen LogP contribution in [0.3, 0.4) is 0 Å². The number of benzene rings is 1. The predicted octanol–water partition coefficient (Wildman–Crippen LogP) is 1.26. The van der Waals surface area contributed by atoms with Gasteiger partial charge in [-0.3, -0.25) is 19.2 Å². The van der Waals surface area contributed by atoms with E-state index >= 15 is 0 Å². The van der Waals surface area contributed by atoms with Crippen LogP contribution in [-0.2, 0) is 11.8 Å².